The molecule has 0 saturated carbocycles. The highest BCUT2D eigenvalue weighted by atomic mass is 32.2. The number of rotatable bonds is 7. The van der Waals surface area contributed by atoms with Gasteiger partial charge >= 0.3 is 0 Å². The summed E-state index contributed by atoms with van der Waals surface area (Å²) >= 11 is 1.41. The second-order valence-electron chi connectivity index (χ2n) is 7.48. The van der Waals surface area contributed by atoms with Gasteiger partial charge in [-0.25, -0.2) is 4.39 Å². The number of hydrogen-bond donors (Lipinski definition) is 1. The van der Waals surface area contributed by atoms with Gasteiger partial charge in [-0.15, -0.1) is 10.2 Å². The molecule has 1 N–H and O–H groups in total. The Morgan fingerprint density at radius 1 is 1.16 bits per heavy atom. The lowest BCUT2D eigenvalue weighted by molar-refractivity contribution is -0.121. The molecule has 160 valence electrons. The maximum absolute atomic E-state index is 13.5. The van der Waals surface area contributed by atoms with Gasteiger partial charge in [-0.2, -0.15) is 0 Å². The monoisotopic (exact) mass is 439 g/mol. The molecule has 2 heterocycles. The minimum Gasteiger partial charge on any atom is -0.354 e. The Morgan fingerprint density at radius 3 is 2.74 bits per heavy atom. The van der Waals surface area contributed by atoms with Crippen molar-refractivity contribution >= 4 is 34.3 Å². The first-order valence-corrected chi connectivity index (χ1v) is 11.0. The lowest BCUT2D eigenvalue weighted by atomic mass is 10.2. The minimum atomic E-state index is -0.289. The Bertz CT molecular complexity index is 1310. The van der Waals surface area contributed by atoms with E-state index in [-0.39, 0.29) is 36.3 Å². The summed E-state index contributed by atoms with van der Waals surface area (Å²) in [6, 6.07) is 13.7. The zero-order valence-electron chi connectivity index (χ0n) is 17.2. The maximum atomic E-state index is 13.5. The number of amides is 1. The van der Waals surface area contributed by atoms with Gasteiger partial charge in [0.25, 0.3) is 5.56 Å². The number of nitrogens with one attached hydrogen (secondary N) is 1. The van der Waals surface area contributed by atoms with E-state index >= 15 is 0 Å². The topological polar surface area (TPSA) is 81.3 Å². The fraction of sp³-hybridized carbons (Fsp3) is 0.273. The molecule has 1 amide bonds. The summed E-state index contributed by atoms with van der Waals surface area (Å²) in [7, 11) is 0. The Balaban J connectivity index is 1.73. The Morgan fingerprint density at radius 2 is 1.97 bits per heavy atom. The zero-order chi connectivity index (χ0) is 22.0. The molecule has 0 atom stereocenters. The van der Waals surface area contributed by atoms with Crippen molar-refractivity contribution in [1.29, 1.82) is 0 Å². The smallest absolute Gasteiger partial charge is 0.262 e. The fourth-order valence-corrected chi connectivity index (χ4v) is 4.29. The molecule has 0 radical (unpaired) electrons. The molecule has 4 aromatic rings. The number of carbonyl (C=O) groups excluding carboxylic acids is 1. The number of fused-ring (bicyclic) bond motifs is 3. The minimum absolute atomic E-state index is 0.0276. The zero-order valence-corrected chi connectivity index (χ0v) is 18.0. The molecule has 9 heteroatoms. The average molecular weight is 440 g/mol. The van der Waals surface area contributed by atoms with E-state index < -0.39 is 0 Å². The predicted molar refractivity (Wildman–Crippen MR) is 119 cm³/mol. The summed E-state index contributed by atoms with van der Waals surface area (Å²) < 4.78 is 16.8. The molecule has 0 spiro atoms. The number of hydrogen-bond acceptors (Lipinski definition) is 5. The summed E-state index contributed by atoms with van der Waals surface area (Å²) in [5, 5.41) is 12.5. The average Bonchev–Trinajstić information content (AvgIpc) is 3.16. The molecule has 0 aliphatic heterocycles. The largest absolute Gasteiger partial charge is 0.354 e. The van der Waals surface area contributed by atoms with E-state index in [2.05, 4.69) is 15.5 Å². The van der Waals surface area contributed by atoms with Crippen LogP contribution in [0.4, 0.5) is 4.39 Å². The van der Waals surface area contributed by atoms with Crippen LogP contribution in [-0.4, -0.2) is 31.1 Å². The highest BCUT2D eigenvalue weighted by Crippen LogP contribution is 2.25. The van der Waals surface area contributed by atoms with Gasteiger partial charge < -0.3 is 5.32 Å². The number of benzene rings is 2. The van der Waals surface area contributed by atoms with Gasteiger partial charge in [0.1, 0.15) is 5.82 Å². The second-order valence-corrected chi connectivity index (χ2v) is 8.43. The van der Waals surface area contributed by atoms with Crippen molar-refractivity contribution in [2.75, 3.05) is 0 Å². The molecule has 0 fully saturated rings. The van der Waals surface area contributed by atoms with Crippen LogP contribution in [0, 0.1) is 5.82 Å². The van der Waals surface area contributed by atoms with Crippen molar-refractivity contribution in [3.8, 4) is 0 Å². The van der Waals surface area contributed by atoms with Crippen LogP contribution in [0.2, 0.25) is 0 Å². The van der Waals surface area contributed by atoms with Crippen molar-refractivity contribution < 1.29 is 9.18 Å². The van der Waals surface area contributed by atoms with Crippen LogP contribution in [0.25, 0.3) is 16.7 Å². The van der Waals surface area contributed by atoms with Crippen LogP contribution >= 0.6 is 11.8 Å². The number of nitrogens with zero attached hydrogens (tertiary/aromatic N) is 4. The first-order valence-electron chi connectivity index (χ1n) is 9.97. The van der Waals surface area contributed by atoms with E-state index in [4.69, 9.17) is 0 Å². The van der Waals surface area contributed by atoms with Gasteiger partial charge in [0.15, 0.2) is 5.16 Å². The Kier molecular flexibility index (Phi) is 6.03. The number of thioether (sulfide) groups is 1. The summed E-state index contributed by atoms with van der Waals surface area (Å²) in [5.41, 5.74) is 1.30. The van der Waals surface area contributed by atoms with Gasteiger partial charge in [-0.1, -0.05) is 36.0 Å². The second kappa shape index (κ2) is 8.89. The molecule has 4 rings (SSSR count). The quantitative estimate of drug-likeness (QED) is 0.447. The third-order valence-electron chi connectivity index (χ3n) is 4.75. The molecule has 31 heavy (non-hydrogen) atoms. The molecule has 2 aromatic heterocycles. The number of carbonyl (C=O) groups is 1. The standard InChI is InChI=1S/C22H22FN5O2S/c1-14(2)24-19(29)10-11-27-20(30)17-8-3-4-9-18(17)28-21(27)25-26-22(28)31-13-15-6-5-7-16(23)12-15/h3-9,12,14H,10-11,13H2,1-2H3,(H,24,29). The SMILES string of the molecule is CC(C)NC(=O)CCn1c(=O)c2ccccc2n2c(SCc3cccc(F)c3)nnc12. The third-order valence-corrected chi connectivity index (χ3v) is 5.75. The maximum Gasteiger partial charge on any atom is 0.262 e. The van der Waals surface area contributed by atoms with E-state index in [1.165, 1.54) is 28.5 Å². The molecule has 7 nitrogen and oxygen atoms in total. The van der Waals surface area contributed by atoms with E-state index in [0.29, 0.717) is 27.6 Å². The molecule has 0 saturated heterocycles. The van der Waals surface area contributed by atoms with E-state index in [9.17, 15) is 14.0 Å². The number of aryl methyl sites for hydroxylation is 1. The summed E-state index contributed by atoms with van der Waals surface area (Å²) in [5.74, 6) is 0.461. The summed E-state index contributed by atoms with van der Waals surface area (Å²) in [6.07, 6.45) is 0.157. The summed E-state index contributed by atoms with van der Waals surface area (Å²) in [6.45, 7) is 3.97. The van der Waals surface area contributed by atoms with Crippen molar-refractivity contribution in [2.45, 2.75) is 43.8 Å². The lowest BCUT2D eigenvalue weighted by Crippen LogP contribution is -2.32. The van der Waals surface area contributed by atoms with Crippen molar-refractivity contribution in [2.24, 2.45) is 0 Å². The Hall–Kier alpha value is -3.20. The first-order chi connectivity index (χ1) is 14.9. The molecule has 0 aliphatic carbocycles. The van der Waals surface area contributed by atoms with E-state index in [1.54, 1.807) is 18.2 Å². The summed E-state index contributed by atoms with van der Waals surface area (Å²) in [4.78, 5) is 25.2. The number of para-hydroxylation sites is 1. The number of aromatic nitrogens is 4. The van der Waals surface area contributed by atoms with Gasteiger partial charge in [-0.3, -0.25) is 18.6 Å². The van der Waals surface area contributed by atoms with Crippen molar-refractivity contribution in [1.82, 2.24) is 24.5 Å². The fourth-order valence-electron chi connectivity index (χ4n) is 3.41. The Labute approximate surface area is 182 Å². The van der Waals surface area contributed by atoms with Crippen molar-refractivity contribution in [3.63, 3.8) is 0 Å². The first kappa shape index (κ1) is 21.0. The van der Waals surface area contributed by atoms with Crippen LogP contribution in [0.3, 0.4) is 0 Å². The third kappa shape index (κ3) is 4.46. The van der Waals surface area contributed by atoms with Crippen LogP contribution in [0.1, 0.15) is 25.8 Å². The molecular weight excluding hydrogens is 417 g/mol. The van der Waals surface area contributed by atoms with Crippen LogP contribution in [0.15, 0.2) is 58.5 Å². The van der Waals surface area contributed by atoms with Crippen LogP contribution in [-0.2, 0) is 17.1 Å². The van der Waals surface area contributed by atoms with E-state index in [1.807, 2.05) is 36.4 Å². The van der Waals surface area contributed by atoms with Gasteiger partial charge in [0, 0.05) is 24.8 Å². The van der Waals surface area contributed by atoms with Crippen LogP contribution in [0.5, 0.6) is 0 Å². The lowest BCUT2D eigenvalue weighted by Gasteiger charge is -2.12. The molecular formula is C22H22FN5O2S. The molecule has 0 unspecified atom stereocenters. The predicted octanol–water partition coefficient (Wildman–Crippen LogP) is 3.39. The van der Waals surface area contributed by atoms with E-state index in [0.717, 1.165) is 5.56 Å². The van der Waals surface area contributed by atoms with Gasteiger partial charge in [0.2, 0.25) is 11.7 Å². The molecule has 0 aliphatic rings. The van der Waals surface area contributed by atoms with Gasteiger partial charge in [0.05, 0.1) is 10.9 Å². The highest BCUT2D eigenvalue weighted by molar-refractivity contribution is 7.98. The molecule has 2 aromatic carbocycles. The van der Waals surface area contributed by atoms with Crippen LogP contribution < -0.4 is 10.9 Å². The normalized spacial score (nSPS) is 11.5. The van der Waals surface area contributed by atoms with Gasteiger partial charge in [-0.05, 0) is 43.7 Å². The highest BCUT2D eigenvalue weighted by Gasteiger charge is 2.17. The molecule has 0 bridgehead atoms. The number of halogens is 1. The van der Waals surface area contributed by atoms with Crippen molar-refractivity contribution in [3.05, 3.63) is 70.3 Å².